The van der Waals surface area contributed by atoms with E-state index in [9.17, 15) is 4.79 Å². The lowest BCUT2D eigenvalue weighted by atomic mass is 10.2. The number of carbonyl (C=O) groups is 1. The highest BCUT2D eigenvalue weighted by molar-refractivity contribution is 6.99. The minimum atomic E-state index is 0.0181. The molecule has 0 unspecified atom stereocenters. The molecule has 0 fully saturated rings. The summed E-state index contributed by atoms with van der Waals surface area (Å²) in [6.07, 6.45) is 4.06. The molecule has 0 aliphatic heterocycles. The first-order valence-corrected chi connectivity index (χ1v) is 4.63. The molecule has 0 aromatic carbocycles. The van der Waals surface area contributed by atoms with Crippen LogP contribution in [0.2, 0.25) is 0 Å². The summed E-state index contributed by atoms with van der Waals surface area (Å²) in [5.41, 5.74) is 0. The number of hydrogen-bond donors (Lipinski definition) is 1. The molecular weight excluding hydrogens is 174 g/mol. The summed E-state index contributed by atoms with van der Waals surface area (Å²) in [7, 11) is 0. The second-order valence-corrected chi connectivity index (χ2v) is 3.00. The number of amides is 1. The number of nitrogens with zero attached hydrogens (tertiary/aromatic N) is 2. The van der Waals surface area contributed by atoms with Gasteiger partial charge in [0.25, 0.3) is 0 Å². The fourth-order valence-electron chi connectivity index (χ4n) is 0.762. The molecule has 0 aliphatic carbocycles. The fraction of sp³-hybridized carbons (Fsp3) is 0.571. The lowest BCUT2D eigenvalue weighted by molar-refractivity contribution is -0.116. The van der Waals surface area contributed by atoms with Crippen LogP contribution in [0.3, 0.4) is 0 Å². The number of hydrogen-bond acceptors (Lipinski definition) is 4. The molecule has 1 amide bonds. The van der Waals surface area contributed by atoms with E-state index in [0.717, 1.165) is 24.6 Å². The summed E-state index contributed by atoms with van der Waals surface area (Å²) < 4.78 is 7.63. The zero-order chi connectivity index (χ0) is 8.81. The van der Waals surface area contributed by atoms with Crippen molar-refractivity contribution in [1.29, 1.82) is 0 Å². The molecule has 0 saturated heterocycles. The van der Waals surface area contributed by atoms with Crippen molar-refractivity contribution >= 4 is 23.5 Å². The van der Waals surface area contributed by atoms with Gasteiger partial charge in [-0.2, -0.15) is 8.75 Å². The van der Waals surface area contributed by atoms with Crippen molar-refractivity contribution in [3.63, 3.8) is 0 Å². The minimum absolute atomic E-state index is 0.0181. The van der Waals surface area contributed by atoms with E-state index in [0.29, 0.717) is 12.2 Å². The Morgan fingerprint density at radius 2 is 2.58 bits per heavy atom. The molecule has 66 valence electrons. The van der Waals surface area contributed by atoms with Crippen LogP contribution in [0.25, 0.3) is 0 Å². The molecule has 1 rings (SSSR count). The van der Waals surface area contributed by atoms with Gasteiger partial charge in [-0.1, -0.05) is 13.3 Å². The normalized spacial score (nSPS) is 9.75. The van der Waals surface area contributed by atoms with Gasteiger partial charge in [0.15, 0.2) is 5.82 Å². The predicted molar refractivity (Wildman–Crippen MR) is 48.1 cm³/mol. The predicted octanol–water partition coefficient (Wildman–Crippen LogP) is 1.67. The fourth-order valence-corrected chi connectivity index (χ4v) is 1.14. The second kappa shape index (κ2) is 4.82. The first-order valence-electron chi connectivity index (χ1n) is 3.90. The van der Waals surface area contributed by atoms with Crippen LogP contribution in [-0.2, 0) is 4.79 Å². The molecule has 0 atom stereocenters. The van der Waals surface area contributed by atoms with Gasteiger partial charge >= 0.3 is 0 Å². The van der Waals surface area contributed by atoms with Crippen LogP contribution in [0.15, 0.2) is 6.20 Å². The van der Waals surface area contributed by atoms with Crippen molar-refractivity contribution < 1.29 is 4.79 Å². The van der Waals surface area contributed by atoms with Gasteiger partial charge in [0.1, 0.15) is 0 Å². The Morgan fingerprint density at radius 1 is 1.75 bits per heavy atom. The van der Waals surface area contributed by atoms with E-state index < -0.39 is 0 Å². The quantitative estimate of drug-likeness (QED) is 0.776. The Hall–Kier alpha value is -0.970. The van der Waals surface area contributed by atoms with Crippen LogP contribution in [0, 0.1) is 0 Å². The van der Waals surface area contributed by atoms with Crippen molar-refractivity contribution in [2.24, 2.45) is 0 Å². The third-order valence-electron chi connectivity index (χ3n) is 1.39. The van der Waals surface area contributed by atoms with E-state index in [1.165, 1.54) is 0 Å². The minimum Gasteiger partial charge on any atom is -0.309 e. The highest BCUT2D eigenvalue weighted by Gasteiger charge is 2.02. The van der Waals surface area contributed by atoms with E-state index in [-0.39, 0.29) is 5.91 Å². The number of carbonyl (C=O) groups excluding carboxylic acids is 1. The van der Waals surface area contributed by atoms with Gasteiger partial charge in [0.05, 0.1) is 17.9 Å². The van der Waals surface area contributed by atoms with Crippen molar-refractivity contribution in [3.05, 3.63) is 6.20 Å². The lowest BCUT2D eigenvalue weighted by Gasteiger charge is -1.98. The van der Waals surface area contributed by atoms with E-state index in [1.807, 2.05) is 0 Å². The van der Waals surface area contributed by atoms with Gasteiger partial charge in [0.2, 0.25) is 5.91 Å². The van der Waals surface area contributed by atoms with E-state index in [4.69, 9.17) is 0 Å². The molecule has 0 radical (unpaired) electrons. The first-order chi connectivity index (χ1) is 5.83. The smallest absolute Gasteiger partial charge is 0.225 e. The van der Waals surface area contributed by atoms with Gasteiger partial charge in [-0.15, -0.1) is 0 Å². The Balaban J connectivity index is 2.27. The van der Waals surface area contributed by atoms with Crippen molar-refractivity contribution in [2.45, 2.75) is 26.2 Å². The lowest BCUT2D eigenvalue weighted by Crippen LogP contribution is -2.10. The topological polar surface area (TPSA) is 54.9 Å². The van der Waals surface area contributed by atoms with Crippen molar-refractivity contribution in [2.75, 3.05) is 5.32 Å². The molecule has 5 heteroatoms. The summed E-state index contributed by atoms with van der Waals surface area (Å²) >= 11 is 1.09. The third kappa shape index (κ3) is 2.96. The second-order valence-electron chi connectivity index (χ2n) is 2.44. The molecule has 12 heavy (non-hydrogen) atoms. The summed E-state index contributed by atoms with van der Waals surface area (Å²) in [4.78, 5) is 11.1. The molecular formula is C7H11N3OS. The van der Waals surface area contributed by atoms with Crippen LogP contribution >= 0.6 is 11.7 Å². The number of unbranched alkanes of at least 4 members (excludes halogenated alkanes) is 1. The van der Waals surface area contributed by atoms with Crippen LogP contribution in [0.4, 0.5) is 5.82 Å². The van der Waals surface area contributed by atoms with Crippen LogP contribution < -0.4 is 5.32 Å². The molecule has 1 aromatic rings. The van der Waals surface area contributed by atoms with Gasteiger partial charge in [0, 0.05) is 6.42 Å². The summed E-state index contributed by atoms with van der Waals surface area (Å²) in [5.74, 6) is 0.575. The number of anilines is 1. The van der Waals surface area contributed by atoms with Gasteiger partial charge < -0.3 is 5.32 Å². The van der Waals surface area contributed by atoms with E-state index in [1.54, 1.807) is 6.20 Å². The largest absolute Gasteiger partial charge is 0.309 e. The third-order valence-corrected chi connectivity index (χ3v) is 1.86. The average Bonchev–Trinajstić information content (AvgIpc) is 2.53. The molecule has 0 bridgehead atoms. The number of nitrogens with one attached hydrogen (secondary N) is 1. The maximum Gasteiger partial charge on any atom is 0.225 e. The van der Waals surface area contributed by atoms with Crippen LogP contribution in [0.5, 0.6) is 0 Å². The maximum atomic E-state index is 11.1. The number of rotatable bonds is 4. The molecule has 1 aromatic heterocycles. The van der Waals surface area contributed by atoms with Crippen molar-refractivity contribution in [3.8, 4) is 0 Å². The maximum absolute atomic E-state index is 11.1. The zero-order valence-corrected chi connectivity index (χ0v) is 7.73. The molecule has 4 nitrogen and oxygen atoms in total. The molecule has 0 spiro atoms. The monoisotopic (exact) mass is 185 g/mol. The number of aromatic nitrogens is 2. The Labute approximate surface area is 75.3 Å². The zero-order valence-electron chi connectivity index (χ0n) is 6.91. The van der Waals surface area contributed by atoms with Crippen molar-refractivity contribution in [1.82, 2.24) is 8.75 Å². The summed E-state index contributed by atoms with van der Waals surface area (Å²) in [6.45, 7) is 2.05. The molecule has 1 heterocycles. The highest BCUT2D eigenvalue weighted by atomic mass is 32.1. The standard InChI is InChI=1S/C7H11N3OS/c1-2-3-4-7(11)9-6-5-8-12-10-6/h5H,2-4H2,1H3,(H,9,10,11). The van der Waals surface area contributed by atoms with E-state index in [2.05, 4.69) is 21.0 Å². The Bertz CT molecular complexity index is 235. The Kier molecular flexibility index (Phi) is 3.66. The van der Waals surface area contributed by atoms with Crippen LogP contribution in [-0.4, -0.2) is 14.7 Å². The van der Waals surface area contributed by atoms with Gasteiger partial charge in [-0.3, -0.25) is 4.79 Å². The van der Waals surface area contributed by atoms with Gasteiger partial charge in [-0.25, -0.2) is 0 Å². The highest BCUT2D eigenvalue weighted by Crippen LogP contribution is 2.03. The Morgan fingerprint density at radius 3 is 3.17 bits per heavy atom. The van der Waals surface area contributed by atoms with E-state index >= 15 is 0 Å². The molecule has 1 N–H and O–H groups in total. The van der Waals surface area contributed by atoms with Crippen LogP contribution in [0.1, 0.15) is 26.2 Å². The summed E-state index contributed by atoms with van der Waals surface area (Å²) in [5, 5.41) is 2.65. The average molecular weight is 185 g/mol. The summed E-state index contributed by atoms with van der Waals surface area (Å²) in [6, 6.07) is 0. The molecule has 0 aliphatic rings. The first kappa shape index (κ1) is 9.12. The van der Waals surface area contributed by atoms with Gasteiger partial charge in [-0.05, 0) is 6.42 Å². The molecule has 0 saturated carbocycles. The SMILES string of the molecule is CCCCC(=O)Nc1cnsn1.